The van der Waals surface area contributed by atoms with E-state index in [9.17, 15) is 4.79 Å². The number of carbonyl (C=O) groups is 1. The van der Waals surface area contributed by atoms with Crippen molar-refractivity contribution in [2.24, 2.45) is 0 Å². The van der Waals surface area contributed by atoms with Crippen molar-refractivity contribution >= 4 is 18.3 Å². The van der Waals surface area contributed by atoms with Crippen LogP contribution in [0.3, 0.4) is 0 Å². The lowest BCUT2D eigenvalue weighted by Crippen LogP contribution is -2.42. The van der Waals surface area contributed by atoms with E-state index in [1.54, 1.807) is 0 Å². The van der Waals surface area contributed by atoms with E-state index in [0.29, 0.717) is 12.5 Å². The Labute approximate surface area is 127 Å². The van der Waals surface area contributed by atoms with Crippen LogP contribution in [0.4, 0.5) is 0 Å². The van der Waals surface area contributed by atoms with Crippen molar-refractivity contribution in [2.45, 2.75) is 45.6 Å². The van der Waals surface area contributed by atoms with Crippen molar-refractivity contribution in [2.75, 3.05) is 13.1 Å². The highest BCUT2D eigenvalue weighted by molar-refractivity contribution is 5.85. The van der Waals surface area contributed by atoms with Crippen LogP contribution in [0.2, 0.25) is 0 Å². The molecule has 0 spiro atoms. The number of aryl methyl sites for hydroxylation is 3. The van der Waals surface area contributed by atoms with Gasteiger partial charge in [-0.2, -0.15) is 0 Å². The van der Waals surface area contributed by atoms with E-state index >= 15 is 0 Å². The van der Waals surface area contributed by atoms with Crippen LogP contribution in [0.25, 0.3) is 0 Å². The Hall–Kier alpha value is -1.06. The van der Waals surface area contributed by atoms with Gasteiger partial charge in [-0.05, 0) is 57.3 Å². The summed E-state index contributed by atoms with van der Waals surface area (Å²) in [6, 6.07) is 6.81. The SMILES string of the molecule is Cc1ccc(CCC(=O)NC2CCNCC2)c(C)c1.Cl. The van der Waals surface area contributed by atoms with Crippen molar-refractivity contribution in [1.29, 1.82) is 0 Å². The molecule has 0 aliphatic carbocycles. The fourth-order valence-electron chi connectivity index (χ4n) is 2.64. The maximum atomic E-state index is 11.9. The molecule has 1 aliphatic rings. The minimum absolute atomic E-state index is 0. The molecule has 0 aromatic heterocycles. The number of rotatable bonds is 4. The van der Waals surface area contributed by atoms with E-state index in [0.717, 1.165) is 32.4 Å². The maximum Gasteiger partial charge on any atom is 0.220 e. The van der Waals surface area contributed by atoms with E-state index in [2.05, 4.69) is 42.7 Å². The Morgan fingerprint density at radius 2 is 2.00 bits per heavy atom. The molecule has 1 aromatic rings. The van der Waals surface area contributed by atoms with E-state index in [1.165, 1.54) is 16.7 Å². The van der Waals surface area contributed by atoms with Gasteiger partial charge in [0, 0.05) is 12.5 Å². The molecule has 0 atom stereocenters. The fourth-order valence-corrected chi connectivity index (χ4v) is 2.64. The second-order valence-corrected chi connectivity index (χ2v) is 5.52. The highest BCUT2D eigenvalue weighted by atomic mass is 35.5. The summed E-state index contributed by atoms with van der Waals surface area (Å²) in [6.45, 7) is 6.25. The largest absolute Gasteiger partial charge is 0.353 e. The highest BCUT2D eigenvalue weighted by Crippen LogP contribution is 2.12. The number of hydrogen-bond acceptors (Lipinski definition) is 2. The van der Waals surface area contributed by atoms with Crippen molar-refractivity contribution < 1.29 is 4.79 Å². The smallest absolute Gasteiger partial charge is 0.220 e. The van der Waals surface area contributed by atoms with E-state index in [1.807, 2.05) is 0 Å². The summed E-state index contributed by atoms with van der Waals surface area (Å²) in [6.07, 6.45) is 3.53. The molecule has 1 heterocycles. The van der Waals surface area contributed by atoms with Gasteiger partial charge in [-0.15, -0.1) is 12.4 Å². The van der Waals surface area contributed by atoms with Crippen molar-refractivity contribution in [3.8, 4) is 0 Å². The highest BCUT2D eigenvalue weighted by Gasteiger charge is 2.15. The Kier molecular flexibility index (Phi) is 7.03. The Balaban J connectivity index is 0.00000200. The van der Waals surface area contributed by atoms with Gasteiger partial charge in [0.1, 0.15) is 0 Å². The summed E-state index contributed by atoms with van der Waals surface area (Å²) in [5, 5.41) is 6.45. The molecule has 1 saturated heterocycles. The minimum Gasteiger partial charge on any atom is -0.353 e. The fraction of sp³-hybridized carbons (Fsp3) is 0.562. The molecule has 4 heteroatoms. The molecule has 112 valence electrons. The number of halogens is 1. The first-order chi connectivity index (χ1) is 9.15. The van der Waals surface area contributed by atoms with Crippen LogP contribution in [-0.4, -0.2) is 25.0 Å². The van der Waals surface area contributed by atoms with Crippen LogP contribution >= 0.6 is 12.4 Å². The molecule has 3 nitrogen and oxygen atoms in total. The van der Waals surface area contributed by atoms with Crippen LogP contribution < -0.4 is 10.6 Å². The van der Waals surface area contributed by atoms with Gasteiger partial charge in [-0.25, -0.2) is 0 Å². The number of hydrogen-bond donors (Lipinski definition) is 2. The summed E-state index contributed by atoms with van der Waals surface area (Å²) < 4.78 is 0. The average molecular weight is 297 g/mol. The van der Waals surface area contributed by atoms with E-state index in [-0.39, 0.29) is 18.3 Å². The van der Waals surface area contributed by atoms with Gasteiger partial charge in [0.2, 0.25) is 5.91 Å². The second kappa shape index (κ2) is 8.28. The summed E-state index contributed by atoms with van der Waals surface area (Å²) >= 11 is 0. The molecule has 2 N–H and O–H groups in total. The van der Waals surface area contributed by atoms with Crippen molar-refractivity contribution in [1.82, 2.24) is 10.6 Å². The number of benzene rings is 1. The molecule has 0 unspecified atom stereocenters. The number of amides is 1. The number of piperidine rings is 1. The Morgan fingerprint density at radius 3 is 2.65 bits per heavy atom. The molecular weight excluding hydrogens is 272 g/mol. The predicted molar refractivity (Wildman–Crippen MR) is 85.5 cm³/mol. The normalized spacial score (nSPS) is 15.5. The van der Waals surface area contributed by atoms with E-state index < -0.39 is 0 Å². The van der Waals surface area contributed by atoms with Gasteiger partial charge in [0.25, 0.3) is 0 Å². The summed E-state index contributed by atoms with van der Waals surface area (Å²) in [7, 11) is 0. The topological polar surface area (TPSA) is 41.1 Å². The van der Waals surface area contributed by atoms with Gasteiger partial charge in [-0.3, -0.25) is 4.79 Å². The molecular formula is C16H25ClN2O. The van der Waals surface area contributed by atoms with Crippen LogP contribution in [-0.2, 0) is 11.2 Å². The van der Waals surface area contributed by atoms with Crippen LogP contribution in [0.1, 0.15) is 36.0 Å². The van der Waals surface area contributed by atoms with Crippen LogP contribution in [0, 0.1) is 13.8 Å². The third-order valence-electron chi connectivity index (χ3n) is 3.82. The monoisotopic (exact) mass is 296 g/mol. The first kappa shape index (κ1) is 17.0. The molecule has 1 fully saturated rings. The van der Waals surface area contributed by atoms with Crippen molar-refractivity contribution in [3.63, 3.8) is 0 Å². The van der Waals surface area contributed by atoms with E-state index in [4.69, 9.17) is 0 Å². The molecule has 1 amide bonds. The maximum absolute atomic E-state index is 11.9. The van der Waals surface area contributed by atoms with Gasteiger partial charge in [0.15, 0.2) is 0 Å². The molecule has 0 bridgehead atoms. The molecule has 0 saturated carbocycles. The first-order valence-electron chi connectivity index (χ1n) is 7.21. The third kappa shape index (κ3) is 5.14. The van der Waals surface area contributed by atoms with Gasteiger partial charge >= 0.3 is 0 Å². The second-order valence-electron chi connectivity index (χ2n) is 5.52. The van der Waals surface area contributed by atoms with Crippen LogP contribution in [0.5, 0.6) is 0 Å². The molecule has 0 radical (unpaired) electrons. The third-order valence-corrected chi connectivity index (χ3v) is 3.82. The van der Waals surface area contributed by atoms with Gasteiger partial charge in [-0.1, -0.05) is 23.8 Å². The lowest BCUT2D eigenvalue weighted by molar-refractivity contribution is -0.121. The quantitative estimate of drug-likeness (QED) is 0.896. The molecule has 1 aromatic carbocycles. The summed E-state index contributed by atoms with van der Waals surface area (Å²) in [5.41, 5.74) is 3.85. The zero-order valence-corrected chi connectivity index (χ0v) is 13.2. The van der Waals surface area contributed by atoms with Crippen molar-refractivity contribution in [3.05, 3.63) is 34.9 Å². The number of nitrogens with one attached hydrogen (secondary N) is 2. The van der Waals surface area contributed by atoms with Gasteiger partial charge in [0.05, 0.1) is 0 Å². The zero-order valence-electron chi connectivity index (χ0n) is 12.4. The standard InChI is InChI=1S/C16H24N2O.ClH/c1-12-3-4-14(13(2)11-12)5-6-16(19)18-15-7-9-17-10-8-15;/h3-4,11,15,17H,5-10H2,1-2H3,(H,18,19);1H. The lowest BCUT2D eigenvalue weighted by atomic mass is 10.0. The molecule has 20 heavy (non-hydrogen) atoms. The zero-order chi connectivity index (χ0) is 13.7. The summed E-state index contributed by atoms with van der Waals surface area (Å²) in [5.74, 6) is 0.187. The molecule has 2 rings (SSSR count). The Bertz CT molecular complexity index is 442. The summed E-state index contributed by atoms with van der Waals surface area (Å²) in [4.78, 5) is 11.9. The van der Waals surface area contributed by atoms with Crippen LogP contribution in [0.15, 0.2) is 18.2 Å². The molecule has 1 aliphatic heterocycles. The Morgan fingerprint density at radius 1 is 1.30 bits per heavy atom. The predicted octanol–water partition coefficient (Wildman–Crippen LogP) is 2.53. The lowest BCUT2D eigenvalue weighted by Gasteiger charge is -2.23. The number of carbonyl (C=O) groups excluding carboxylic acids is 1. The van der Waals surface area contributed by atoms with Gasteiger partial charge < -0.3 is 10.6 Å². The first-order valence-corrected chi connectivity index (χ1v) is 7.21. The average Bonchev–Trinajstić information content (AvgIpc) is 2.39. The minimum atomic E-state index is 0.